The second-order valence-corrected chi connectivity index (χ2v) is 10.9. The topological polar surface area (TPSA) is 88.2 Å². The van der Waals surface area contributed by atoms with Gasteiger partial charge >= 0.3 is 0 Å². The normalized spacial score (nSPS) is 16.9. The predicted molar refractivity (Wildman–Crippen MR) is 146 cm³/mol. The van der Waals surface area contributed by atoms with Crippen molar-refractivity contribution in [3.05, 3.63) is 69.5 Å². The van der Waals surface area contributed by atoms with E-state index in [1.807, 2.05) is 26.0 Å². The standard InChI is InChI=1S/C28H32BrN5O2/c1-28(2)25-18(5-4-6-23(25)32-26(28)35)7-9-21-20(29)16-31-27(33-21)34-22-10-8-19(15-24(22)36-3)17-11-13-30-14-12-17/h4-6,8,10,15-17,30H,7,9,11-14H2,1-3H3,(H,32,35)(H,31,33,34). The van der Waals surface area contributed by atoms with E-state index < -0.39 is 5.41 Å². The Kier molecular flexibility index (Phi) is 6.99. The molecule has 2 aliphatic heterocycles. The van der Waals surface area contributed by atoms with Crippen molar-refractivity contribution in [2.45, 2.75) is 50.9 Å². The zero-order valence-electron chi connectivity index (χ0n) is 21.0. The summed E-state index contributed by atoms with van der Waals surface area (Å²) in [6.45, 7) is 6.06. The lowest BCUT2D eigenvalue weighted by Gasteiger charge is -2.24. The van der Waals surface area contributed by atoms with Crippen LogP contribution in [0.1, 0.15) is 55.0 Å². The monoisotopic (exact) mass is 549 g/mol. The minimum atomic E-state index is -0.543. The van der Waals surface area contributed by atoms with Gasteiger partial charge in [0, 0.05) is 11.9 Å². The summed E-state index contributed by atoms with van der Waals surface area (Å²) in [5.74, 6) is 1.91. The number of methoxy groups -OCH3 is 1. The van der Waals surface area contributed by atoms with Crippen LogP contribution in [-0.2, 0) is 23.1 Å². The number of rotatable bonds is 7. The molecule has 1 fully saturated rings. The van der Waals surface area contributed by atoms with Crippen LogP contribution in [0.2, 0.25) is 0 Å². The van der Waals surface area contributed by atoms with E-state index in [0.717, 1.165) is 70.8 Å². The molecule has 1 saturated heterocycles. The fraction of sp³-hybridized carbons (Fsp3) is 0.393. The van der Waals surface area contributed by atoms with Crippen LogP contribution in [0.25, 0.3) is 0 Å². The predicted octanol–water partition coefficient (Wildman–Crippen LogP) is 5.47. The molecule has 0 atom stereocenters. The smallest absolute Gasteiger partial charge is 0.234 e. The number of benzene rings is 2. The Labute approximate surface area is 220 Å². The molecule has 5 rings (SSSR count). The number of fused-ring (bicyclic) bond motifs is 1. The number of aromatic nitrogens is 2. The lowest BCUT2D eigenvalue weighted by Crippen LogP contribution is -2.27. The Morgan fingerprint density at radius 2 is 1.97 bits per heavy atom. The van der Waals surface area contributed by atoms with Gasteiger partial charge in [0.25, 0.3) is 0 Å². The van der Waals surface area contributed by atoms with Gasteiger partial charge in [-0.1, -0.05) is 18.2 Å². The molecule has 2 aromatic carbocycles. The first-order chi connectivity index (χ1) is 17.4. The molecular weight excluding hydrogens is 518 g/mol. The van der Waals surface area contributed by atoms with E-state index in [9.17, 15) is 4.79 Å². The van der Waals surface area contributed by atoms with Crippen LogP contribution in [0.15, 0.2) is 47.1 Å². The van der Waals surface area contributed by atoms with Crippen LogP contribution in [0.4, 0.5) is 17.3 Å². The molecule has 7 nitrogen and oxygen atoms in total. The van der Waals surface area contributed by atoms with Crippen molar-refractivity contribution in [2.75, 3.05) is 30.8 Å². The third-order valence-electron chi connectivity index (χ3n) is 7.32. The number of aryl methyl sites for hydroxylation is 2. The van der Waals surface area contributed by atoms with Gasteiger partial charge in [0.15, 0.2) is 0 Å². The van der Waals surface area contributed by atoms with Gasteiger partial charge in [-0.2, -0.15) is 0 Å². The van der Waals surface area contributed by atoms with Crippen LogP contribution in [-0.4, -0.2) is 36.1 Å². The molecule has 3 heterocycles. The fourth-order valence-electron chi connectivity index (χ4n) is 5.27. The van der Waals surface area contributed by atoms with Gasteiger partial charge in [-0.25, -0.2) is 9.97 Å². The second kappa shape index (κ2) is 10.2. The lowest BCUT2D eigenvalue weighted by atomic mass is 9.82. The maximum absolute atomic E-state index is 12.5. The Morgan fingerprint density at radius 1 is 1.17 bits per heavy atom. The summed E-state index contributed by atoms with van der Waals surface area (Å²) in [6.07, 6.45) is 5.54. The highest BCUT2D eigenvalue weighted by Crippen LogP contribution is 2.40. The van der Waals surface area contributed by atoms with Crippen LogP contribution >= 0.6 is 15.9 Å². The Morgan fingerprint density at radius 3 is 2.75 bits per heavy atom. The average Bonchev–Trinajstić information content (AvgIpc) is 3.13. The van der Waals surface area contributed by atoms with Crippen molar-refractivity contribution in [3.63, 3.8) is 0 Å². The summed E-state index contributed by atoms with van der Waals surface area (Å²) in [6, 6.07) is 12.4. The molecule has 36 heavy (non-hydrogen) atoms. The van der Waals surface area contributed by atoms with Crippen molar-refractivity contribution in [2.24, 2.45) is 0 Å². The molecule has 3 aromatic rings. The van der Waals surface area contributed by atoms with Gasteiger partial charge in [-0.05, 0) is 109 Å². The minimum absolute atomic E-state index is 0.0415. The van der Waals surface area contributed by atoms with E-state index in [1.54, 1.807) is 13.3 Å². The largest absolute Gasteiger partial charge is 0.495 e. The molecule has 0 saturated carbocycles. The highest BCUT2D eigenvalue weighted by atomic mass is 79.9. The highest BCUT2D eigenvalue weighted by molar-refractivity contribution is 9.10. The molecule has 0 spiro atoms. The number of hydrogen-bond acceptors (Lipinski definition) is 6. The number of halogens is 1. The number of piperidine rings is 1. The van der Waals surface area contributed by atoms with E-state index in [-0.39, 0.29) is 5.91 Å². The Bertz CT molecular complexity index is 1290. The maximum atomic E-state index is 12.5. The van der Waals surface area contributed by atoms with Crippen molar-refractivity contribution in [3.8, 4) is 5.75 Å². The van der Waals surface area contributed by atoms with Gasteiger partial charge in [-0.3, -0.25) is 4.79 Å². The molecule has 0 radical (unpaired) electrons. The molecule has 0 bridgehead atoms. The number of nitrogens with one attached hydrogen (secondary N) is 3. The van der Waals surface area contributed by atoms with Gasteiger partial charge in [0.05, 0.1) is 28.4 Å². The molecule has 188 valence electrons. The lowest BCUT2D eigenvalue weighted by molar-refractivity contribution is -0.119. The Balaban J connectivity index is 1.34. The van der Waals surface area contributed by atoms with Gasteiger partial charge in [0.1, 0.15) is 5.75 Å². The van der Waals surface area contributed by atoms with Crippen molar-refractivity contribution in [1.82, 2.24) is 15.3 Å². The first-order valence-corrected chi connectivity index (χ1v) is 13.3. The molecule has 0 aliphatic carbocycles. The number of nitrogens with zero attached hydrogens (tertiary/aromatic N) is 2. The summed E-state index contributed by atoms with van der Waals surface area (Å²) in [7, 11) is 1.69. The third kappa shape index (κ3) is 4.84. The van der Waals surface area contributed by atoms with Crippen molar-refractivity contribution < 1.29 is 9.53 Å². The highest BCUT2D eigenvalue weighted by Gasteiger charge is 2.39. The zero-order valence-corrected chi connectivity index (χ0v) is 22.5. The van der Waals surface area contributed by atoms with Gasteiger partial charge in [0.2, 0.25) is 11.9 Å². The number of carbonyl (C=O) groups excluding carboxylic acids is 1. The minimum Gasteiger partial charge on any atom is -0.495 e. The first-order valence-electron chi connectivity index (χ1n) is 12.5. The van der Waals surface area contributed by atoms with Crippen molar-refractivity contribution in [1.29, 1.82) is 0 Å². The third-order valence-corrected chi connectivity index (χ3v) is 7.98. The molecule has 8 heteroatoms. The fourth-order valence-corrected chi connectivity index (χ4v) is 5.66. The zero-order chi connectivity index (χ0) is 25.3. The first kappa shape index (κ1) is 24.7. The molecule has 1 aromatic heterocycles. The van der Waals surface area contributed by atoms with Crippen LogP contribution in [0, 0.1) is 0 Å². The average molecular weight is 551 g/mol. The number of ether oxygens (including phenoxy) is 1. The molecule has 3 N–H and O–H groups in total. The summed E-state index contributed by atoms with van der Waals surface area (Å²) < 4.78 is 6.57. The molecule has 0 unspecified atom stereocenters. The number of hydrogen-bond donors (Lipinski definition) is 3. The Hall–Kier alpha value is -2.97. The van der Waals surface area contributed by atoms with Gasteiger partial charge < -0.3 is 20.7 Å². The molecule has 1 amide bonds. The molecule has 2 aliphatic rings. The van der Waals surface area contributed by atoms with Crippen LogP contribution in [0.5, 0.6) is 5.75 Å². The second-order valence-electron chi connectivity index (χ2n) is 10.0. The quantitative estimate of drug-likeness (QED) is 0.362. The summed E-state index contributed by atoms with van der Waals surface area (Å²) in [5, 5.41) is 9.78. The number of anilines is 3. The molecular formula is C28H32BrN5O2. The summed E-state index contributed by atoms with van der Waals surface area (Å²) >= 11 is 3.62. The number of amides is 1. The van der Waals surface area contributed by atoms with Crippen molar-refractivity contribution >= 4 is 39.2 Å². The van der Waals surface area contributed by atoms with Crippen LogP contribution < -0.4 is 20.7 Å². The van der Waals surface area contributed by atoms with Crippen LogP contribution in [0.3, 0.4) is 0 Å². The van der Waals surface area contributed by atoms with E-state index >= 15 is 0 Å². The summed E-state index contributed by atoms with van der Waals surface area (Å²) in [5.41, 5.74) is 5.66. The maximum Gasteiger partial charge on any atom is 0.234 e. The van der Waals surface area contributed by atoms with E-state index in [2.05, 4.69) is 61.1 Å². The van der Waals surface area contributed by atoms with E-state index in [4.69, 9.17) is 9.72 Å². The number of carbonyl (C=O) groups is 1. The van der Waals surface area contributed by atoms with E-state index in [1.165, 1.54) is 5.56 Å². The SMILES string of the molecule is COc1cc(C2CCNCC2)ccc1Nc1ncc(Br)c(CCc2cccc3c2C(C)(C)C(=O)N3)n1. The van der Waals surface area contributed by atoms with Gasteiger partial charge in [-0.15, -0.1) is 0 Å². The van der Waals surface area contributed by atoms with E-state index in [0.29, 0.717) is 18.3 Å². The summed E-state index contributed by atoms with van der Waals surface area (Å²) in [4.78, 5) is 21.7.